The van der Waals surface area contributed by atoms with Gasteiger partial charge in [0.15, 0.2) is 0 Å². The lowest BCUT2D eigenvalue weighted by atomic mass is 9.73. The van der Waals surface area contributed by atoms with Crippen LogP contribution in [0.15, 0.2) is 91.3 Å². The molecule has 0 unspecified atom stereocenters. The molecule has 0 spiro atoms. The summed E-state index contributed by atoms with van der Waals surface area (Å²) >= 11 is 0. The molecule has 0 atom stereocenters. The largest absolute Gasteiger partial charge is 0.405 e. The second kappa shape index (κ2) is 16.1. The first-order chi connectivity index (χ1) is 25.7. The molecule has 1 N–H and O–H groups in total. The first-order valence-electron chi connectivity index (χ1n) is 18.9. The van der Waals surface area contributed by atoms with Crippen molar-refractivity contribution >= 4 is 17.6 Å². The molecule has 2 aromatic heterocycles. The Labute approximate surface area is 309 Å². The number of hydrogen-bond donors (Lipinski definition) is 1. The highest BCUT2D eigenvalue weighted by atomic mass is 19.4. The number of carbonyl (C=O) groups is 2. The van der Waals surface area contributed by atoms with Gasteiger partial charge in [-0.15, -0.1) is 0 Å². The Balaban J connectivity index is 0.949. The summed E-state index contributed by atoms with van der Waals surface area (Å²) in [6.07, 6.45) is 6.37. The maximum atomic E-state index is 13.8. The normalized spacial score (nSPS) is 17.2. The highest BCUT2D eigenvalue weighted by molar-refractivity contribution is 6.00. The van der Waals surface area contributed by atoms with E-state index in [1.165, 1.54) is 6.42 Å². The minimum atomic E-state index is -4.50. The number of amides is 2. The van der Waals surface area contributed by atoms with Gasteiger partial charge in [-0.2, -0.15) is 13.2 Å². The van der Waals surface area contributed by atoms with Crippen LogP contribution < -0.4 is 10.2 Å². The molecule has 0 bridgehead atoms. The Morgan fingerprint density at radius 2 is 1.49 bits per heavy atom. The van der Waals surface area contributed by atoms with Crippen molar-refractivity contribution in [2.24, 2.45) is 0 Å². The molecule has 0 radical (unpaired) electrons. The molecular formula is C42H47F3N6O2. The van der Waals surface area contributed by atoms with Crippen molar-refractivity contribution in [3.63, 3.8) is 0 Å². The average Bonchev–Trinajstić information content (AvgIpc) is 3.48. The number of unbranched alkanes of at least 4 members (excludes halogenated alkanes) is 1. The van der Waals surface area contributed by atoms with Crippen LogP contribution in [0.4, 0.5) is 19.0 Å². The highest BCUT2D eigenvalue weighted by Gasteiger charge is 2.49. The second-order valence-corrected chi connectivity index (χ2v) is 14.5. The van der Waals surface area contributed by atoms with E-state index >= 15 is 0 Å². The van der Waals surface area contributed by atoms with Crippen LogP contribution in [0.1, 0.15) is 78.5 Å². The van der Waals surface area contributed by atoms with Crippen molar-refractivity contribution in [2.75, 3.05) is 44.2 Å². The fraction of sp³-hybridized carbons (Fsp3) is 0.429. The maximum Gasteiger partial charge on any atom is 0.405 e. The number of pyridine rings is 2. The predicted octanol–water partition coefficient (Wildman–Crippen LogP) is 7.39. The Kier molecular flexibility index (Phi) is 11.1. The third-order valence-electron chi connectivity index (χ3n) is 11.2. The number of rotatable bonds is 12. The molecule has 2 amide bonds. The number of nitrogens with one attached hydrogen (secondary N) is 1. The number of piperazine rings is 1. The van der Waals surface area contributed by atoms with Crippen molar-refractivity contribution < 1.29 is 22.8 Å². The predicted molar refractivity (Wildman–Crippen MR) is 199 cm³/mol. The molecular weight excluding hydrogens is 677 g/mol. The topological polar surface area (TPSA) is 81.7 Å². The van der Waals surface area contributed by atoms with Crippen molar-refractivity contribution in [3.05, 3.63) is 114 Å². The molecule has 1 saturated carbocycles. The Morgan fingerprint density at radius 3 is 2.11 bits per heavy atom. The van der Waals surface area contributed by atoms with Gasteiger partial charge < -0.3 is 15.1 Å². The monoisotopic (exact) mass is 724 g/mol. The van der Waals surface area contributed by atoms with Gasteiger partial charge in [0, 0.05) is 44.6 Å². The summed E-state index contributed by atoms with van der Waals surface area (Å²) in [7, 11) is 0. The number of carbonyl (C=O) groups excluding carboxylic acids is 2. The van der Waals surface area contributed by atoms with Gasteiger partial charge >= 0.3 is 6.18 Å². The standard InChI is InChI=1S/C42H47F3N6O2/c43-42(44,45)30-48-40(53)41(36-17-6-4-15-34(36)35-16-5-7-18-37(35)41)21-9-11-23-49-24-26-50(27-25-49)38-20-19-31(28-47-38)39(52)51(33-13-2-1-3-14-33)29-32-12-8-10-22-46-32/h4-8,10,12,15-20,22,28,33H,1-3,9,11,13-14,21,23-27,29-30H2,(H,48,53). The van der Waals surface area contributed by atoms with Crippen LogP contribution in [-0.2, 0) is 16.8 Å². The van der Waals surface area contributed by atoms with Crippen LogP contribution in [0.5, 0.6) is 0 Å². The smallest absolute Gasteiger partial charge is 0.354 e. The van der Waals surface area contributed by atoms with E-state index in [1.54, 1.807) is 12.4 Å². The second-order valence-electron chi connectivity index (χ2n) is 14.5. The summed E-state index contributed by atoms with van der Waals surface area (Å²) in [5, 5.41) is 2.23. The molecule has 1 saturated heterocycles. The number of halogens is 3. The molecule has 7 rings (SSSR count). The van der Waals surface area contributed by atoms with E-state index in [0.717, 1.165) is 98.6 Å². The summed E-state index contributed by atoms with van der Waals surface area (Å²) < 4.78 is 39.7. The van der Waals surface area contributed by atoms with E-state index in [1.807, 2.05) is 83.8 Å². The quantitative estimate of drug-likeness (QED) is 0.154. The zero-order valence-corrected chi connectivity index (χ0v) is 30.0. The van der Waals surface area contributed by atoms with Crippen LogP contribution >= 0.6 is 0 Å². The Morgan fingerprint density at radius 1 is 0.811 bits per heavy atom. The molecule has 1 aliphatic heterocycles. The number of alkyl halides is 3. The Hall–Kier alpha value is -4.77. The molecule has 2 fully saturated rings. The van der Waals surface area contributed by atoms with E-state index in [4.69, 9.17) is 4.98 Å². The van der Waals surface area contributed by atoms with E-state index in [-0.39, 0.29) is 11.9 Å². The summed E-state index contributed by atoms with van der Waals surface area (Å²) in [5.74, 6) is 0.243. The van der Waals surface area contributed by atoms with Crippen LogP contribution in [0.2, 0.25) is 0 Å². The van der Waals surface area contributed by atoms with Gasteiger partial charge in [0.05, 0.1) is 17.8 Å². The van der Waals surface area contributed by atoms with Crippen molar-refractivity contribution in [1.29, 1.82) is 0 Å². The van der Waals surface area contributed by atoms with Crippen LogP contribution in [0.25, 0.3) is 11.1 Å². The van der Waals surface area contributed by atoms with Gasteiger partial charge in [-0.25, -0.2) is 4.98 Å². The zero-order valence-electron chi connectivity index (χ0n) is 30.0. The van der Waals surface area contributed by atoms with Crippen LogP contribution in [0, 0.1) is 0 Å². The van der Waals surface area contributed by atoms with E-state index in [2.05, 4.69) is 20.1 Å². The van der Waals surface area contributed by atoms with Crippen LogP contribution in [0.3, 0.4) is 0 Å². The molecule has 278 valence electrons. The SMILES string of the molecule is O=C(c1ccc(N2CCN(CCCCC3(C(=O)NCC(F)(F)F)c4ccccc4-c4ccccc43)CC2)nc1)N(Cc1ccccn1)C1CCCCC1. The minimum Gasteiger partial charge on any atom is -0.354 e. The summed E-state index contributed by atoms with van der Waals surface area (Å²) in [5.41, 5.74) is 3.63. The number of nitrogens with zero attached hydrogens (tertiary/aromatic N) is 5. The zero-order chi connectivity index (χ0) is 36.8. The average molecular weight is 725 g/mol. The summed E-state index contributed by atoms with van der Waals surface area (Å²) in [6, 6.07) is 25.0. The molecule has 4 aromatic rings. The summed E-state index contributed by atoms with van der Waals surface area (Å²) in [6.45, 7) is 3.21. The van der Waals surface area contributed by atoms with Crippen molar-refractivity contribution in [3.8, 4) is 11.1 Å². The van der Waals surface area contributed by atoms with E-state index < -0.39 is 24.0 Å². The fourth-order valence-electron chi connectivity index (χ4n) is 8.50. The lowest BCUT2D eigenvalue weighted by Crippen LogP contribution is -2.48. The minimum absolute atomic E-state index is 0.00406. The molecule has 11 heteroatoms. The van der Waals surface area contributed by atoms with Gasteiger partial charge in [0.1, 0.15) is 17.8 Å². The molecule has 2 aromatic carbocycles. The lowest BCUT2D eigenvalue weighted by Gasteiger charge is -2.36. The van der Waals surface area contributed by atoms with E-state index in [9.17, 15) is 22.8 Å². The van der Waals surface area contributed by atoms with Gasteiger partial charge in [-0.1, -0.05) is 80.3 Å². The fourth-order valence-corrected chi connectivity index (χ4v) is 8.50. The molecule has 3 aliphatic rings. The summed E-state index contributed by atoms with van der Waals surface area (Å²) in [4.78, 5) is 43.4. The molecule has 8 nitrogen and oxygen atoms in total. The first-order valence-corrected chi connectivity index (χ1v) is 18.9. The number of benzene rings is 2. The molecule has 3 heterocycles. The highest BCUT2D eigenvalue weighted by Crippen LogP contribution is 2.51. The van der Waals surface area contributed by atoms with Gasteiger partial charge in [0.25, 0.3) is 5.91 Å². The van der Waals surface area contributed by atoms with Gasteiger partial charge in [-0.3, -0.25) is 19.5 Å². The number of aromatic nitrogens is 2. The number of anilines is 1. The molecule has 2 aliphatic carbocycles. The lowest BCUT2D eigenvalue weighted by molar-refractivity contribution is -0.141. The first kappa shape index (κ1) is 36.6. The van der Waals surface area contributed by atoms with Gasteiger partial charge in [-0.05, 0) is 78.7 Å². The third-order valence-corrected chi connectivity index (χ3v) is 11.2. The molecule has 53 heavy (non-hydrogen) atoms. The number of fused-ring (bicyclic) bond motifs is 3. The maximum absolute atomic E-state index is 13.8. The van der Waals surface area contributed by atoms with E-state index in [0.29, 0.717) is 24.9 Å². The van der Waals surface area contributed by atoms with Crippen molar-refractivity contribution in [1.82, 2.24) is 25.1 Å². The van der Waals surface area contributed by atoms with Crippen molar-refractivity contribution in [2.45, 2.75) is 75.5 Å². The van der Waals surface area contributed by atoms with Crippen LogP contribution in [-0.4, -0.2) is 83.1 Å². The Bertz CT molecular complexity index is 1810. The number of hydrogen-bond acceptors (Lipinski definition) is 6. The third kappa shape index (κ3) is 8.10. The van der Waals surface area contributed by atoms with Gasteiger partial charge in [0.2, 0.25) is 5.91 Å².